The largest absolute Gasteiger partial charge is 0.481 e. The molecular weight excluding hydrogens is 336 g/mol. The predicted octanol–water partition coefficient (Wildman–Crippen LogP) is 3.69. The molecule has 5 nitrogen and oxygen atoms in total. The lowest BCUT2D eigenvalue weighted by Crippen LogP contribution is -2.32. The molecule has 2 amide bonds. The number of benzene rings is 1. The Morgan fingerprint density at radius 2 is 2.00 bits per heavy atom. The van der Waals surface area contributed by atoms with E-state index in [0.717, 1.165) is 21.3 Å². The van der Waals surface area contributed by atoms with E-state index in [1.54, 1.807) is 0 Å². The Kier molecular flexibility index (Phi) is 6.68. The van der Waals surface area contributed by atoms with Crippen LogP contribution in [0.15, 0.2) is 16.6 Å². The molecule has 0 aromatic heterocycles. The van der Waals surface area contributed by atoms with E-state index in [1.165, 1.54) is 0 Å². The van der Waals surface area contributed by atoms with Gasteiger partial charge in [-0.1, -0.05) is 13.0 Å². The van der Waals surface area contributed by atoms with Crippen LogP contribution in [0, 0.1) is 19.8 Å². The zero-order valence-corrected chi connectivity index (χ0v) is 14.1. The molecule has 0 saturated carbocycles. The summed E-state index contributed by atoms with van der Waals surface area (Å²) in [6.45, 7) is 6.28. The van der Waals surface area contributed by atoms with Gasteiger partial charge >= 0.3 is 12.0 Å². The lowest BCUT2D eigenvalue weighted by atomic mass is 10.1. The van der Waals surface area contributed by atoms with Gasteiger partial charge in [-0.2, -0.15) is 0 Å². The molecule has 21 heavy (non-hydrogen) atoms. The molecule has 1 aromatic carbocycles. The van der Waals surface area contributed by atoms with Crippen LogP contribution in [0.2, 0.25) is 0 Å². The zero-order valence-electron chi connectivity index (χ0n) is 12.5. The minimum Gasteiger partial charge on any atom is -0.481 e. The van der Waals surface area contributed by atoms with Crippen molar-refractivity contribution in [3.8, 4) is 0 Å². The number of urea groups is 1. The van der Waals surface area contributed by atoms with E-state index in [9.17, 15) is 9.59 Å². The van der Waals surface area contributed by atoms with Crippen molar-refractivity contribution in [1.29, 1.82) is 0 Å². The number of aryl methyl sites for hydroxylation is 2. The molecule has 0 radical (unpaired) electrons. The summed E-state index contributed by atoms with van der Waals surface area (Å²) >= 11 is 3.44. The average Bonchev–Trinajstić information content (AvgIpc) is 2.38. The Bertz CT molecular complexity index is 509. The first-order valence-electron chi connectivity index (χ1n) is 6.83. The van der Waals surface area contributed by atoms with E-state index in [-0.39, 0.29) is 18.4 Å². The van der Waals surface area contributed by atoms with Gasteiger partial charge < -0.3 is 15.7 Å². The molecule has 0 aliphatic rings. The summed E-state index contributed by atoms with van der Waals surface area (Å²) in [7, 11) is 0. The Morgan fingerprint density at radius 1 is 1.33 bits per heavy atom. The molecule has 0 fully saturated rings. The van der Waals surface area contributed by atoms with Crippen LogP contribution in [-0.4, -0.2) is 23.7 Å². The number of anilines is 1. The third-order valence-corrected chi connectivity index (χ3v) is 3.76. The number of aliphatic carboxylic acids is 1. The fourth-order valence-electron chi connectivity index (χ4n) is 1.97. The summed E-state index contributed by atoms with van der Waals surface area (Å²) < 4.78 is 0.842. The second-order valence-electron chi connectivity index (χ2n) is 5.31. The van der Waals surface area contributed by atoms with Crippen LogP contribution in [0.5, 0.6) is 0 Å². The molecule has 1 atom stereocenters. The summed E-state index contributed by atoms with van der Waals surface area (Å²) in [6, 6.07) is 3.65. The maximum atomic E-state index is 11.9. The van der Waals surface area contributed by atoms with E-state index in [1.807, 2.05) is 32.9 Å². The fourth-order valence-corrected chi connectivity index (χ4v) is 2.74. The summed E-state index contributed by atoms with van der Waals surface area (Å²) in [4.78, 5) is 22.4. The van der Waals surface area contributed by atoms with E-state index in [4.69, 9.17) is 5.11 Å². The first-order chi connectivity index (χ1) is 9.79. The molecule has 0 aliphatic carbocycles. The van der Waals surface area contributed by atoms with Crippen molar-refractivity contribution < 1.29 is 14.7 Å². The normalized spacial score (nSPS) is 11.8. The summed E-state index contributed by atoms with van der Waals surface area (Å²) in [5, 5.41) is 14.2. The minimum atomic E-state index is -0.814. The summed E-state index contributed by atoms with van der Waals surface area (Å²) in [6.07, 6.45) is 0.663. The van der Waals surface area contributed by atoms with Crippen molar-refractivity contribution in [2.24, 2.45) is 5.92 Å². The zero-order chi connectivity index (χ0) is 16.0. The minimum absolute atomic E-state index is 0.118. The topological polar surface area (TPSA) is 78.4 Å². The lowest BCUT2D eigenvalue weighted by molar-refractivity contribution is -0.137. The maximum Gasteiger partial charge on any atom is 0.319 e. The van der Waals surface area contributed by atoms with Gasteiger partial charge in [0.1, 0.15) is 0 Å². The van der Waals surface area contributed by atoms with Crippen molar-refractivity contribution >= 4 is 33.6 Å². The van der Waals surface area contributed by atoms with Gasteiger partial charge in [-0.25, -0.2) is 4.79 Å². The Labute approximate surface area is 133 Å². The molecule has 0 aliphatic heterocycles. The molecule has 6 heteroatoms. The van der Waals surface area contributed by atoms with Crippen molar-refractivity contribution in [3.05, 3.63) is 27.7 Å². The molecule has 0 bridgehead atoms. The number of rotatable bonds is 6. The number of amides is 2. The molecule has 0 heterocycles. The number of carbonyl (C=O) groups is 2. The van der Waals surface area contributed by atoms with Crippen LogP contribution in [0.4, 0.5) is 10.5 Å². The number of hydrogen-bond donors (Lipinski definition) is 3. The number of carboxylic acid groups (broad SMARTS) is 1. The standard InChI is InChI=1S/C15H21BrN2O3/c1-9(4-5-13(19)20)8-17-15(21)18-14-11(3)6-10(2)7-12(14)16/h6-7,9H,4-5,8H2,1-3H3,(H,19,20)(H2,17,18,21). The van der Waals surface area contributed by atoms with Crippen molar-refractivity contribution in [2.75, 3.05) is 11.9 Å². The van der Waals surface area contributed by atoms with Crippen molar-refractivity contribution in [2.45, 2.75) is 33.6 Å². The Morgan fingerprint density at radius 3 is 2.57 bits per heavy atom. The first-order valence-corrected chi connectivity index (χ1v) is 7.62. The fraction of sp³-hybridized carbons (Fsp3) is 0.467. The molecule has 1 unspecified atom stereocenters. The molecule has 0 saturated heterocycles. The summed E-state index contributed by atoms with van der Waals surface area (Å²) in [5.41, 5.74) is 2.85. The average molecular weight is 357 g/mol. The van der Waals surface area contributed by atoms with Crippen LogP contribution in [-0.2, 0) is 4.79 Å². The second-order valence-corrected chi connectivity index (χ2v) is 6.17. The highest BCUT2D eigenvalue weighted by Gasteiger charge is 2.11. The third-order valence-electron chi connectivity index (χ3n) is 3.13. The first kappa shape index (κ1) is 17.5. The number of hydrogen-bond acceptors (Lipinski definition) is 2. The molecular formula is C15H21BrN2O3. The third kappa shape index (κ3) is 6.16. The van der Waals surface area contributed by atoms with E-state index >= 15 is 0 Å². The van der Waals surface area contributed by atoms with E-state index < -0.39 is 5.97 Å². The van der Waals surface area contributed by atoms with Gasteiger partial charge in [-0.3, -0.25) is 4.79 Å². The highest BCUT2D eigenvalue weighted by Crippen LogP contribution is 2.27. The predicted molar refractivity (Wildman–Crippen MR) is 86.7 cm³/mol. The van der Waals surface area contributed by atoms with E-state index in [2.05, 4.69) is 26.6 Å². The smallest absolute Gasteiger partial charge is 0.319 e. The van der Waals surface area contributed by atoms with Gasteiger partial charge in [0.15, 0.2) is 0 Å². The molecule has 0 spiro atoms. The molecule has 1 aromatic rings. The van der Waals surface area contributed by atoms with E-state index in [0.29, 0.717) is 13.0 Å². The number of halogens is 1. The van der Waals surface area contributed by atoms with Crippen LogP contribution >= 0.6 is 15.9 Å². The van der Waals surface area contributed by atoms with Crippen LogP contribution in [0.1, 0.15) is 30.9 Å². The Balaban J connectivity index is 2.49. The van der Waals surface area contributed by atoms with Crippen LogP contribution < -0.4 is 10.6 Å². The quantitative estimate of drug-likeness (QED) is 0.727. The molecule has 1 rings (SSSR count). The van der Waals surface area contributed by atoms with Gasteiger partial charge in [0.2, 0.25) is 0 Å². The van der Waals surface area contributed by atoms with Crippen molar-refractivity contribution in [1.82, 2.24) is 5.32 Å². The summed E-state index contributed by atoms with van der Waals surface area (Å²) in [5.74, 6) is -0.695. The van der Waals surface area contributed by atoms with Gasteiger partial charge in [-0.15, -0.1) is 0 Å². The van der Waals surface area contributed by atoms with Gasteiger partial charge in [0.25, 0.3) is 0 Å². The van der Waals surface area contributed by atoms with Gasteiger partial charge in [0, 0.05) is 17.4 Å². The molecule has 3 N–H and O–H groups in total. The van der Waals surface area contributed by atoms with Crippen LogP contribution in [0.3, 0.4) is 0 Å². The highest BCUT2D eigenvalue weighted by molar-refractivity contribution is 9.10. The SMILES string of the molecule is Cc1cc(C)c(NC(=O)NCC(C)CCC(=O)O)c(Br)c1. The van der Waals surface area contributed by atoms with Gasteiger partial charge in [-0.05, 0) is 59.3 Å². The van der Waals surface area contributed by atoms with Crippen LogP contribution in [0.25, 0.3) is 0 Å². The number of carboxylic acids is 1. The molecule has 116 valence electrons. The second kappa shape index (κ2) is 8.02. The highest BCUT2D eigenvalue weighted by atomic mass is 79.9. The Hall–Kier alpha value is -1.56. The lowest BCUT2D eigenvalue weighted by Gasteiger charge is -2.15. The number of carbonyl (C=O) groups excluding carboxylic acids is 1. The monoisotopic (exact) mass is 356 g/mol. The number of nitrogens with one attached hydrogen (secondary N) is 2. The van der Waals surface area contributed by atoms with Crippen molar-refractivity contribution in [3.63, 3.8) is 0 Å². The maximum absolute atomic E-state index is 11.9. The van der Waals surface area contributed by atoms with Gasteiger partial charge in [0.05, 0.1) is 5.69 Å².